The monoisotopic (exact) mass is 355 g/mol. The van der Waals surface area contributed by atoms with Gasteiger partial charge in [-0.3, -0.25) is 4.79 Å². The number of halogens is 1. The number of carbonyl (C=O) groups is 1. The van der Waals surface area contributed by atoms with Crippen molar-refractivity contribution in [3.05, 3.63) is 59.4 Å². The zero-order valence-corrected chi connectivity index (χ0v) is 14.6. The number of pyridine rings is 1. The van der Waals surface area contributed by atoms with E-state index < -0.39 is 0 Å². The summed E-state index contributed by atoms with van der Waals surface area (Å²) in [4.78, 5) is 18.5. The van der Waals surface area contributed by atoms with E-state index in [2.05, 4.69) is 21.7 Å². The number of carbonyl (C=O) groups excluding carboxylic acids is 1. The van der Waals surface area contributed by atoms with Gasteiger partial charge in [-0.1, -0.05) is 29.8 Å². The van der Waals surface area contributed by atoms with Gasteiger partial charge in [-0.05, 0) is 17.7 Å². The predicted octanol–water partition coefficient (Wildman–Crippen LogP) is 3.06. The molecule has 3 heterocycles. The highest BCUT2D eigenvalue weighted by atomic mass is 35.5. The summed E-state index contributed by atoms with van der Waals surface area (Å²) < 4.78 is 7.80. The van der Waals surface area contributed by atoms with E-state index in [1.165, 1.54) is 0 Å². The smallest absolute Gasteiger partial charge is 0.227 e. The van der Waals surface area contributed by atoms with Crippen LogP contribution in [0.4, 0.5) is 0 Å². The van der Waals surface area contributed by atoms with Crippen molar-refractivity contribution in [1.82, 2.24) is 14.5 Å². The minimum absolute atomic E-state index is 0.00913. The molecule has 1 amide bonds. The van der Waals surface area contributed by atoms with E-state index in [0.717, 1.165) is 16.5 Å². The van der Waals surface area contributed by atoms with Gasteiger partial charge in [-0.15, -0.1) is 0 Å². The summed E-state index contributed by atoms with van der Waals surface area (Å²) in [7, 11) is 2.00. The lowest BCUT2D eigenvalue weighted by Gasteiger charge is -2.38. The standard InChI is InChI=1S/C19H18ClN3O2/c1-22-10-13(16-4-2-3-5-17(16)22)8-19(24)23-11-15(12-23)25-18-7-6-14(20)9-21-18/h2-7,9-10,15H,8,11-12H2,1H3. The molecule has 0 N–H and O–H groups in total. The number of benzene rings is 1. The largest absolute Gasteiger partial charge is 0.471 e. The quantitative estimate of drug-likeness (QED) is 0.722. The van der Waals surface area contributed by atoms with E-state index in [1.807, 2.05) is 30.3 Å². The second kappa shape index (κ2) is 6.41. The van der Waals surface area contributed by atoms with Crippen molar-refractivity contribution in [3.8, 4) is 5.88 Å². The molecule has 25 heavy (non-hydrogen) atoms. The molecule has 0 aliphatic carbocycles. The van der Waals surface area contributed by atoms with Crippen LogP contribution in [0.15, 0.2) is 48.8 Å². The summed E-state index contributed by atoms with van der Waals surface area (Å²) in [5.41, 5.74) is 2.20. The Morgan fingerprint density at radius 3 is 2.84 bits per heavy atom. The van der Waals surface area contributed by atoms with Crippen LogP contribution in [0.1, 0.15) is 5.56 Å². The lowest BCUT2D eigenvalue weighted by Crippen LogP contribution is -2.56. The molecule has 0 saturated carbocycles. The van der Waals surface area contributed by atoms with Crippen molar-refractivity contribution in [3.63, 3.8) is 0 Å². The first-order chi connectivity index (χ1) is 12.1. The van der Waals surface area contributed by atoms with E-state index in [9.17, 15) is 4.79 Å². The highest BCUT2D eigenvalue weighted by Gasteiger charge is 2.32. The molecule has 5 nitrogen and oxygen atoms in total. The second-order valence-electron chi connectivity index (χ2n) is 6.31. The summed E-state index contributed by atoms with van der Waals surface area (Å²) in [6, 6.07) is 11.6. The molecule has 1 saturated heterocycles. The summed E-state index contributed by atoms with van der Waals surface area (Å²) in [5.74, 6) is 0.663. The van der Waals surface area contributed by atoms with Gasteiger partial charge in [0, 0.05) is 36.4 Å². The average Bonchev–Trinajstić information content (AvgIpc) is 2.88. The summed E-state index contributed by atoms with van der Waals surface area (Å²) >= 11 is 5.81. The molecular weight excluding hydrogens is 338 g/mol. The number of amides is 1. The number of fused-ring (bicyclic) bond motifs is 1. The van der Waals surface area contributed by atoms with Crippen LogP contribution in [-0.2, 0) is 18.3 Å². The molecule has 0 bridgehead atoms. The molecule has 128 valence electrons. The van der Waals surface area contributed by atoms with Crippen molar-refractivity contribution in [1.29, 1.82) is 0 Å². The maximum absolute atomic E-state index is 12.5. The topological polar surface area (TPSA) is 47.4 Å². The third-order valence-electron chi connectivity index (χ3n) is 4.51. The van der Waals surface area contributed by atoms with Crippen LogP contribution < -0.4 is 4.74 Å². The van der Waals surface area contributed by atoms with Crippen LogP contribution in [0.2, 0.25) is 5.02 Å². The van der Waals surface area contributed by atoms with Gasteiger partial charge < -0.3 is 14.2 Å². The van der Waals surface area contributed by atoms with Crippen LogP contribution >= 0.6 is 11.6 Å². The highest BCUT2D eigenvalue weighted by Crippen LogP contribution is 2.23. The first-order valence-electron chi connectivity index (χ1n) is 8.19. The zero-order valence-electron chi connectivity index (χ0n) is 13.9. The number of ether oxygens (including phenoxy) is 1. The maximum atomic E-state index is 12.5. The highest BCUT2D eigenvalue weighted by molar-refractivity contribution is 6.30. The number of nitrogens with zero attached hydrogens (tertiary/aromatic N) is 3. The lowest BCUT2D eigenvalue weighted by molar-refractivity contribution is -0.139. The van der Waals surface area contributed by atoms with Crippen molar-refractivity contribution in [2.24, 2.45) is 7.05 Å². The molecule has 0 unspecified atom stereocenters. The Morgan fingerprint density at radius 2 is 2.08 bits per heavy atom. The zero-order chi connectivity index (χ0) is 17.4. The van der Waals surface area contributed by atoms with Crippen LogP contribution in [-0.4, -0.2) is 39.6 Å². The number of hydrogen-bond donors (Lipinski definition) is 0. The fourth-order valence-corrected chi connectivity index (χ4v) is 3.27. The van der Waals surface area contributed by atoms with Gasteiger partial charge in [0.25, 0.3) is 0 Å². The fraction of sp³-hybridized carbons (Fsp3) is 0.263. The van der Waals surface area contributed by atoms with E-state index in [0.29, 0.717) is 30.4 Å². The van der Waals surface area contributed by atoms with Crippen molar-refractivity contribution in [2.75, 3.05) is 13.1 Å². The Bertz CT molecular complexity index is 914. The Labute approximate surface area is 150 Å². The first kappa shape index (κ1) is 16.0. The number of aryl methyl sites for hydroxylation is 1. The van der Waals surface area contributed by atoms with Gasteiger partial charge in [0.1, 0.15) is 6.10 Å². The summed E-state index contributed by atoms with van der Waals surface area (Å²) in [5, 5.41) is 1.71. The minimum atomic E-state index is -0.00913. The average molecular weight is 356 g/mol. The molecule has 1 aliphatic rings. The van der Waals surface area contributed by atoms with Gasteiger partial charge in [0.2, 0.25) is 11.8 Å². The van der Waals surface area contributed by atoms with Crippen LogP contribution in [0, 0.1) is 0 Å². The van der Waals surface area contributed by atoms with Crippen LogP contribution in [0.25, 0.3) is 10.9 Å². The number of rotatable bonds is 4. The van der Waals surface area contributed by atoms with E-state index in [-0.39, 0.29) is 12.0 Å². The Hall–Kier alpha value is -2.53. The molecule has 0 atom stereocenters. The molecule has 1 aliphatic heterocycles. The Morgan fingerprint density at radius 1 is 1.28 bits per heavy atom. The normalized spacial score (nSPS) is 14.6. The summed E-state index contributed by atoms with van der Waals surface area (Å²) in [6.45, 7) is 1.18. The number of aromatic nitrogens is 2. The Balaban J connectivity index is 1.36. The van der Waals surface area contributed by atoms with Gasteiger partial charge >= 0.3 is 0 Å². The molecule has 2 aromatic heterocycles. The lowest BCUT2D eigenvalue weighted by atomic mass is 10.1. The van der Waals surface area contributed by atoms with Crippen molar-refractivity contribution in [2.45, 2.75) is 12.5 Å². The second-order valence-corrected chi connectivity index (χ2v) is 6.75. The van der Waals surface area contributed by atoms with Gasteiger partial charge in [0.15, 0.2) is 0 Å². The fourth-order valence-electron chi connectivity index (χ4n) is 3.16. The molecule has 1 fully saturated rings. The molecule has 1 aromatic carbocycles. The minimum Gasteiger partial charge on any atom is -0.471 e. The third-order valence-corrected chi connectivity index (χ3v) is 4.73. The first-order valence-corrected chi connectivity index (χ1v) is 8.57. The number of hydrogen-bond acceptors (Lipinski definition) is 3. The molecule has 6 heteroatoms. The summed E-state index contributed by atoms with van der Waals surface area (Å²) in [6.07, 6.45) is 3.99. The Kier molecular flexibility index (Phi) is 4.09. The SMILES string of the molecule is Cn1cc(CC(=O)N2CC(Oc3ccc(Cl)cn3)C2)c2ccccc21. The van der Waals surface area contributed by atoms with Gasteiger partial charge in [0.05, 0.1) is 24.5 Å². The molecule has 4 rings (SSSR count). The number of likely N-dealkylation sites (tertiary alicyclic amines) is 1. The van der Waals surface area contributed by atoms with E-state index in [4.69, 9.17) is 16.3 Å². The molecular formula is C19H18ClN3O2. The van der Waals surface area contributed by atoms with Gasteiger partial charge in [-0.25, -0.2) is 4.98 Å². The van der Waals surface area contributed by atoms with Crippen molar-refractivity contribution >= 4 is 28.4 Å². The predicted molar refractivity (Wildman–Crippen MR) is 96.9 cm³/mol. The number of para-hydroxylation sites is 1. The van der Waals surface area contributed by atoms with Crippen LogP contribution in [0.3, 0.4) is 0 Å². The third kappa shape index (κ3) is 3.20. The maximum Gasteiger partial charge on any atom is 0.227 e. The van der Waals surface area contributed by atoms with E-state index >= 15 is 0 Å². The van der Waals surface area contributed by atoms with Crippen molar-refractivity contribution < 1.29 is 9.53 Å². The van der Waals surface area contributed by atoms with Gasteiger partial charge in [-0.2, -0.15) is 0 Å². The molecule has 0 radical (unpaired) electrons. The van der Waals surface area contributed by atoms with E-state index in [1.54, 1.807) is 18.3 Å². The molecule has 3 aromatic rings. The van der Waals surface area contributed by atoms with Crippen LogP contribution in [0.5, 0.6) is 5.88 Å². The molecule has 0 spiro atoms.